The van der Waals surface area contributed by atoms with Crippen LogP contribution in [0.15, 0.2) is 0 Å². The first-order valence-corrected chi connectivity index (χ1v) is 6.83. The second kappa shape index (κ2) is 7.59. The summed E-state index contributed by atoms with van der Waals surface area (Å²) in [5.74, 6) is 0.348. The van der Waals surface area contributed by atoms with E-state index in [4.69, 9.17) is 9.84 Å². The van der Waals surface area contributed by atoms with Crippen LogP contribution in [0.5, 0.6) is 0 Å². The van der Waals surface area contributed by atoms with Crippen LogP contribution in [0.25, 0.3) is 0 Å². The van der Waals surface area contributed by atoms with Gasteiger partial charge in [0.15, 0.2) is 0 Å². The first-order chi connectivity index (χ1) is 8.65. The van der Waals surface area contributed by atoms with Crippen molar-refractivity contribution >= 4 is 6.03 Å². The molecule has 0 radical (unpaired) electrons. The highest BCUT2D eigenvalue weighted by Gasteiger charge is 2.37. The van der Waals surface area contributed by atoms with Gasteiger partial charge in [0.25, 0.3) is 0 Å². The Morgan fingerprint density at radius 3 is 2.61 bits per heavy atom. The molecule has 18 heavy (non-hydrogen) atoms. The lowest BCUT2D eigenvalue weighted by Gasteiger charge is -2.40. The topological polar surface area (TPSA) is 70.6 Å². The van der Waals surface area contributed by atoms with Gasteiger partial charge in [0.1, 0.15) is 0 Å². The quantitative estimate of drug-likeness (QED) is 0.614. The van der Waals surface area contributed by atoms with Crippen LogP contribution in [0, 0.1) is 5.92 Å². The first kappa shape index (κ1) is 15.2. The summed E-state index contributed by atoms with van der Waals surface area (Å²) in [4.78, 5) is 11.6. The standard InChI is InChI=1S/C13H26N2O3/c1-3-11(5-8-16)9-14-12(17)15-10-13(18-2)6-4-7-13/h11,16H,3-10H2,1-2H3,(H2,14,15,17). The summed E-state index contributed by atoms with van der Waals surface area (Å²) in [5.41, 5.74) is -0.132. The van der Waals surface area contributed by atoms with Crippen LogP contribution in [0.1, 0.15) is 39.0 Å². The van der Waals surface area contributed by atoms with Gasteiger partial charge in [0.2, 0.25) is 0 Å². The molecule has 1 unspecified atom stereocenters. The molecule has 3 N–H and O–H groups in total. The van der Waals surface area contributed by atoms with Crippen molar-refractivity contribution in [2.45, 2.75) is 44.6 Å². The van der Waals surface area contributed by atoms with Crippen molar-refractivity contribution in [3.63, 3.8) is 0 Å². The van der Waals surface area contributed by atoms with Gasteiger partial charge in [-0.2, -0.15) is 0 Å². The Morgan fingerprint density at radius 2 is 2.17 bits per heavy atom. The molecule has 0 bridgehead atoms. The van der Waals surface area contributed by atoms with E-state index in [2.05, 4.69) is 17.6 Å². The number of nitrogens with one attached hydrogen (secondary N) is 2. The van der Waals surface area contributed by atoms with Crippen molar-refractivity contribution < 1.29 is 14.6 Å². The molecule has 0 spiro atoms. The van der Waals surface area contributed by atoms with Crippen molar-refractivity contribution in [3.05, 3.63) is 0 Å². The smallest absolute Gasteiger partial charge is 0.314 e. The van der Waals surface area contributed by atoms with Crippen LogP contribution in [-0.2, 0) is 4.74 Å². The molecule has 0 aromatic heterocycles. The van der Waals surface area contributed by atoms with E-state index in [9.17, 15) is 4.79 Å². The molecule has 5 heteroatoms. The molecular weight excluding hydrogens is 232 g/mol. The maximum atomic E-state index is 11.6. The summed E-state index contributed by atoms with van der Waals surface area (Å²) in [6, 6.07) is -0.144. The number of aliphatic hydroxyl groups excluding tert-OH is 1. The van der Waals surface area contributed by atoms with Gasteiger partial charge in [0, 0.05) is 26.8 Å². The number of ether oxygens (including phenoxy) is 1. The highest BCUT2D eigenvalue weighted by atomic mass is 16.5. The van der Waals surface area contributed by atoms with E-state index in [0.717, 1.165) is 25.7 Å². The van der Waals surface area contributed by atoms with Crippen LogP contribution in [0.2, 0.25) is 0 Å². The number of methoxy groups -OCH3 is 1. The molecule has 106 valence electrons. The average Bonchev–Trinajstić information content (AvgIpc) is 2.33. The lowest BCUT2D eigenvalue weighted by Crippen LogP contribution is -2.51. The van der Waals surface area contributed by atoms with Crippen molar-refractivity contribution in [2.75, 3.05) is 26.8 Å². The number of amides is 2. The Hall–Kier alpha value is -0.810. The summed E-state index contributed by atoms with van der Waals surface area (Å²) >= 11 is 0. The van der Waals surface area contributed by atoms with E-state index in [1.807, 2.05) is 0 Å². The SMILES string of the molecule is CCC(CCO)CNC(=O)NCC1(OC)CCC1. The van der Waals surface area contributed by atoms with Crippen LogP contribution in [0.4, 0.5) is 4.79 Å². The van der Waals surface area contributed by atoms with Gasteiger partial charge in [-0.05, 0) is 31.6 Å². The van der Waals surface area contributed by atoms with Crippen molar-refractivity contribution in [3.8, 4) is 0 Å². The molecule has 0 aromatic rings. The second-order valence-electron chi connectivity index (χ2n) is 5.09. The second-order valence-corrected chi connectivity index (χ2v) is 5.09. The highest BCUT2D eigenvalue weighted by molar-refractivity contribution is 5.73. The molecule has 1 aliphatic rings. The monoisotopic (exact) mass is 258 g/mol. The number of hydrogen-bond acceptors (Lipinski definition) is 3. The fourth-order valence-corrected chi connectivity index (χ4v) is 2.20. The number of aliphatic hydroxyl groups is 1. The van der Waals surface area contributed by atoms with E-state index in [1.165, 1.54) is 6.42 Å². The predicted molar refractivity (Wildman–Crippen MR) is 70.5 cm³/mol. The Balaban J connectivity index is 2.17. The zero-order chi connectivity index (χ0) is 13.4. The van der Waals surface area contributed by atoms with E-state index in [0.29, 0.717) is 19.0 Å². The fourth-order valence-electron chi connectivity index (χ4n) is 2.20. The molecule has 1 aliphatic carbocycles. The molecule has 5 nitrogen and oxygen atoms in total. The molecule has 0 heterocycles. The Morgan fingerprint density at radius 1 is 1.44 bits per heavy atom. The maximum absolute atomic E-state index is 11.6. The zero-order valence-corrected chi connectivity index (χ0v) is 11.5. The van der Waals surface area contributed by atoms with Crippen LogP contribution in [-0.4, -0.2) is 43.5 Å². The van der Waals surface area contributed by atoms with Gasteiger partial charge >= 0.3 is 6.03 Å². The van der Waals surface area contributed by atoms with Gasteiger partial charge in [-0.15, -0.1) is 0 Å². The van der Waals surface area contributed by atoms with Crippen molar-refractivity contribution in [1.29, 1.82) is 0 Å². The number of hydrogen-bond donors (Lipinski definition) is 3. The number of carbonyl (C=O) groups excluding carboxylic acids is 1. The van der Waals surface area contributed by atoms with Gasteiger partial charge in [-0.1, -0.05) is 13.3 Å². The lowest BCUT2D eigenvalue weighted by atomic mass is 9.80. The third-order valence-electron chi connectivity index (χ3n) is 3.93. The zero-order valence-electron chi connectivity index (χ0n) is 11.5. The predicted octanol–water partition coefficient (Wildman–Crippen LogP) is 1.26. The lowest BCUT2D eigenvalue weighted by molar-refractivity contribution is -0.0674. The summed E-state index contributed by atoms with van der Waals surface area (Å²) in [6.45, 7) is 3.43. The van der Waals surface area contributed by atoms with E-state index in [1.54, 1.807) is 7.11 Å². The molecular formula is C13H26N2O3. The highest BCUT2D eigenvalue weighted by Crippen LogP contribution is 2.34. The minimum absolute atomic E-state index is 0.132. The minimum atomic E-state index is -0.144. The van der Waals surface area contributed by atoms with Gasteiger partial charge in [-0.3, -0.25) is 0 Å². The van der Waals surface area contributed by atoms with E-state index < -0.39 is 0 Å². The number of urea groups is 1. The van der Waals surface area contributed by atoms with E-state index >= 15 is 0 Å². The van der Waals surface area contributed by atoms with E-state index in [-0.39, 0.29) is 18.2 Å². The first-order valence-electron chi connectivity index (χ1n) is 6.83. The third-order valence-corrected chi connectivity index (χ3v) is 3.93. The molecule has 1 atom stereocenters. The van der Waals surface area contributed by atoms with Gasteiger partial charge in [0.05, 0.1) is 5.60 Å². The Labute approximate surface area is 109 Å². The van der Waals surface area contributed by atoms with Crippen LogP contribution in [0.3, 0.4) is 0 Å². The van der Waals surface area contributed by atoms with Crippen molar-refractivity contribution in [1.82, 2.24) is 10.6 Å². The molecule has 0 saturated heterocycles. The van der Waals surface area contributed by atoms with Gasteiger partial charge in [-0.25, -0.2) is 4.79 Å². The summed E-state index contributed by atoms with van der Waals surface area (Å²) in [6.07, 6.45) is 4.91. The average molecular weight is 258 g/mol. The molecule has 0 aromatic carbocycles. The molecule has 0 aliphatic heterocycles. The summed E-state index contributed by atoms with van der Waals surface area (Å²) < 4.78 is 5.43. The minimum Gasteiger partial charge on any atom is -0.396 e. The molecule has 2 amide bonds. The largest absolute Gasteiger partial charge is 0.396 e. The normalized spacial score (nSPS) is 18.8. The number of rotatable bonds is 8. The number of carbonyl (C=O) groups is 1. The Bertz CT molecular complexity index is 249. The molecule has 1 rings (SSSR count). The fraction of sp³-hybridized carbons (Fsp3) is 0.923. The van der Waals surface area contributed by atoms with Crippen LogP contribution < -0.4 is 10.6 Å². The summed E-state index contributed by atoms with van der Waals surface area (Å²) in [7, 11) is 1.70. The maximum Gasteiger partial charge on any atom is 0.314 e. The molecule has 1 saturated carbocycles. The third kappa shape index (κ3) is 4.46. The van der Waals surface area contributed by atoms with Gasteiger partial charge < -0.3 is 20.5 Å². The van der Waals surface area contributed by atoms with Crippen LogP contribution >= 0.6 is 0 Å². The molecule has 1 fully saturated rings. The Kier molecular flexibility index (Phi) is 6.43. The summed E-state index contributed by atoms with van der Waals surface area (Å²) in [5, 5.41) is 14.6. The van der Waals surface area contributed by atoms with Crippen molar-refractivity contribution in [2.24, 2.45) is 5.92 Å².